The molecule has 0 aromatic heterocycles. The summed E-state index contributed by atoms with van der Waals surface area (Å²) in [5.41, 5.74) is 2.91. The first-order chi connectivity index (χ1) is 16.4. The minimum atomic E-state index is -0.594. The number of carbonyl (C=O) groups is 1. The van der Waals surface area contributed by atoms with Gasteiger partial charge >= 0.3 is 5.97 Å². The maximum Gasteiger partial charge on any atom is 0.316 e. The summed E-state index contributed by atoms with van der Waals surface area (Å²) in [5, 5.41) is 5.15. The van der Waals surface area contributed by atoms with Crippen LogP contribution in [0.5, 0.6) is 0 Å². The molecule has 0 aliphatic heterocycles. The molecular formula is C32H36O2. The van der Waals surface area contributed by atoms with Crippen LogP contribution in [-0.4, -0.2) is 12.6 Å². The summed E-state index contributed by atoms with van der Waals surface area (Å²) in [5.74, 6) is -0.119. The number of ether oxygens (including phenoxy) is 1. The number of fused-ring (bicyclic) bond motifs is 2. The molecule has 4 aromatic rings. The van der Waals surface area contributed by atoms with Gasteiger partial charge in [0, 0.05) is 5.41 Å². The molecule has 2 nitrogen and oxygen atoms in total. The van der Waals surface area contributed by atoms with Gasteiger partial charge in [0.25, 0.3) is 0 Å². The van der Waals surface area contributed by atoms with Gasteiger partial charge in [-0.2, -0.15) is 0 Å². The lowest BCUT2D eigenvalue weighted by Gasteiger charge is -2.34. The lowest BCUT2D eigenvalue weighted by Crippen LogP contribution is -2.36. The molecule has 1 unspecified atom stereocenters. The molecule has 1 atom stereocenters. The summed E-state index contributed by atoms with van der Waals surface area (Å²) in [6.07, 6.45) is 2.41. The van der Waals surface area contributed by atoms with Crippen LogP contribution in [-0.2, 0) is 20.4 Å². The van der Waals surface area contributed by atoms with E-state index in [1.165, 1.54) is 32.7 Å². The highest BCUT2D eigenvalue weighted by molar-refractivity contribution is 6.03. The predicted octanol–water partition coefficient (Wildman–Crippen LogP) is 8.33. The molecule has 0 spiro atoms. The van der Waals surface area contributed by atoms with Crippen molar-refractivity contribution >= 4 is 27.5 Å². The van der Waals surface area contributed by atoms with Crippen molar-refractivity contribution in [2.45, 2.75) is 64.7 Å². The molecule has 0 aliphatic rings. The van der Waals surface area contributed by atoms with Crippen molar-refractivity contribution in [1.29, 1.82) is 0 Å². The Bertz CT molecular complexity index is 1240. The fraction of sp³-hybridized carbons (Fsp3) is 0.344. The van der Waals surface area contributed by atoms with Crippen LogP contribution < -0.4 is 0 Å². The van der Waals surface area contributed by atoms with Crippen LogP contribution in [0.3, 0.4) is 0 Å². The third-order valence-electron chi connectivity index (χ3n) is 7.98. The Kier molecular flexibility index (Phi) is 6.79. The smallest absolute Gasteiger partial charge is 0.316 e. The third-order valence-corrected chi connectivity index (χ3v) is 7.98. The molecule has 0 amide bonds. The van der Waals surface area contributed by atoms with Crippen molar-refractivity contribution in [2.24, 2.45) is 0 Å². The summed E-state index contributed by atoms with van der Waals surface area (Å²) in [7, 11) is 0. The second-order valence-electron chi connectivity index (χ2n) is 9.47. The van der Waals surface area contributed by atoms with Crippen LogP contribution in [0.15, 0.2) is 78.9 Å². The van der Waals surface area contributed by atoms with Crippen LogP contribution in [0.2, 0.25) is 0 Å². The fourth-order valence-corrected chi connectivity index (χ4v) is 5.62. The molecule has 34 heavy (non-hydrogen) atoms. The van der Waals surface area contributed by atoms with E-state index >= 15 is 0 Å². The number of carbonyl (C=O) groups excluding carboxylic acids is 1. The Hall–Kier alpha value is -3.13. The first kappa shape index (κ1) is 24.0. The average Bonchev–Trinajstić information content (AvgIpc) is 2.88. The molecule has 0 bridgehead atoms. The lowest BCUT2D eigenvalue weighted by atomic mass is 9.69. The highest BCUT2D eigenvalue weighted by Gasteiger charge is 2.39. The van der Waals surface area contributed by atoms with Gasteiger partial charge in [0.15, 0.2) is 0 Å². The van der Waals surface area contributed by atoms with Gasteiger partial charge < -0.3 is 4.74 Å². The summed E-state index contributed by atoms with van der Waals surface area (Å²) in [6.45, 7) is 11.1. The molecule has 0 fully saturated rings. The van der Waals surface area contributed by atoms with Crippen molar-refractivity contribution in [3.05, 3.63) is 95.6 Å². The van der Waals surface area contributed by atoms with Crippen LogP contribution in [0, 0.1) is 0 Å². The van der Waals surface area contributed by atoms with E-state index in [-0.39, 0.29) is 11.4 Å². The Labute approximate surface area is 204 Å². The zero-order valence-electron chi connectivity index (χ0n) is 21.2. The highest BCUT2D eigenvalue weighted by atomic mass is 16.5. The number of esters is 1. The Morgan fingerprint density at radius 2 is 1.21 bits per heavy atom. The maximum absolute atomic E-state index is 13.0. The van der Waals surface area contributed by atoms with E-state index < -0.39 is 5.41 Å². The molecule has 0 radical (unpaired) electrons. The molecule has 0 N–H and O–H groups in total. The molecule has 0 aliphatic carbocycles. The Balaban J connectivity index is 1.90. The first-order valence-corrected chi connectivity index (χ1v) is 12.6. The first-order valence-electron chi connectivity index (χ1n) is 12.6. The van der Waals surface area contributed by atoms with Gasteiger partial charge in [-0.25, -0.2) is 0 Å². The largest absolute Gasteiger partial charge is 0.465 e. The van der Waals surface area contributed by atoms with E-state index in [4.69, 9.17) is 4.74 Å². The lowest BCUT2D eigenvalue weighted by molar-refractivity contribution is -0.150. The third kappa shape index (κ3) is 3.79. The second-order valence-corrected chi connectivity index (χ2v) is 9.47. The molecule has 176 valence electrons. The van der Waals surface area contributed by atoms with Crippen molar-refractivity contribution in [2.75, 3.05) is 6.61 Å². The van der Waals surface area contributed by atoms with Gasteiger partial charge in [0.05, 0.1) is 12.0 Å². The van der Waals surface area contributed by atoms with Crippen molar-refractivity contribution < 1.29 is 9.53 Å². The minimum absolute atomic E-state index is 0.119. The summed E-state index contributed by atoms with van der Waals surface area (Å²) < 4.78 is 5.49. The van der Waals surface area contributed by atoms with Gasteiger partial charge in [0.2, 0.25) is 0 Å². The van der Waals surface area contributed by atoms with Gasteiger partial charge in [-0.15, -0.1) is 0 Å². The quantitative estimate of drug-likeness (QED) is 0.198. The number of hydrogen-bond donors (Lipinski definition) is 0. The summed E-state index contributed by atoms with van der Waals surface area (Å²) >= 11 is 0. The van der Waals surface area contributed by atoms with Gasteiger partial charge in [-0.05, 0) is 70.5 Å². The van der Waals surface area contributed by atoms with Crippen LogP contribution in [0.25, 0.3) is 21.5 Å². The van der Waals surface area contributed by atoms with E-state index in [0.717, 1.165) is 24.8 Å². The molecule has 0 heterocycles. The topological polar surface area (TPSA) is 26.3 Å². The highest BCUT2D eigenvalue weighted by Crippen LogP contribution is 2.44. The van der Waals surface area contributed by atoms with E-state index in [0.29, 0.717) is 6.61 Å². The molecule has 2 heteroatoms. The van der Waals surface area contributed by atoms with E-state index in [2.05, 4.69) is 107 Å². The standard InChI is InChI=1S/C32H36O2/c1-6-31(5,25-18-20-26(21-19-25)32(7-2,8-3)30(33)34-9-4)29-27-16-12-10-14-23(27)22-24-15-11-13-17-28(24)29/h10-22H,6-9H2,1-5H3. The zero-order chi connectivity index (χ0) is 24.3. The second kappa shape index (κ2) is 9.62. The molecule has 0 saturated carbocycles. The predicted molar refractivity (Wildman–Crippen MR) is 144 cm³/mol. The van der Waals surface area contributed by atoms with Crippen molar-refractivity contribution in [1.82, 2.24) is 0 Å². The van der Waals surface area contributed by atoms with Crippen LogP contribution in [0.4, 0.5) is 0 Å². The van der Waals surface area contributed by atoms with E-state index in [1.807, 2.05) is 6.92 Å². The van der Waals surface area contributed by atoms with Gasteiger partial charge in [-0.3, -0.25) is 4.79 Å². The van der Waals surface area contributed by atoms with Crippen molar-refractivity contribution in [3.63, 3.8) is 0 Å². The van der Waals surface area contributed by atoms with Crippen LogP contribution >= 0.6 is 0 Å². The van der Waals surface area contributed by atoms with Crippen LogP contribution in [0.1, 0.15) is 70.6 Å². The monoisotopic (exact) mass is 452 g/mol. The SMILES string of the molecule is CCOC(=O)C(CC)(CC)c1ccc(C(C)(CC)c2c3ccccc3cc3ccccc23)cc1. The molecule has 0 saturated heterocycles. The van der Waals surface area contributed by atoms with E-state index in [1.54, 1.807) is 0 Å². The molecule has 4 aromatic carbocycles. The normalized spacial score (nSPS) is 13.7. The number of hydrogen-bond acceptors (Lipinski definition) is 2. The van der Waals surface area contributed by atoms with Gasteiger partial charge in [0.1, 0.15) is 0 Å². The van der Waals surface area contributed by atoms with E-state index in [9.17, 15) is 4.79 Å². The molecule has 4 rings (SSSR count). The maximum atomic E-state index is 13.0. The van der Waals surface area contributed by atoms with Crippen molar-refractivity contribution in [3.8, 4) is 0 Å². The number of rotatable bonds is 8. The van der Waals surface area contributed by atoms with Gasteiger partial charge in [-0.1, -0.05) is 100 Å². The summed E-state index contributed by atoms with van der Waals surface area (Å²) in [4.78, 5) is 13.0. The average molecular weight is 453 g/mol. The fourth-order valence-electron chi connectivity index (χ4n) is 5.62. The number of benzene rings is 4. The molecular weight excluding hydrogens is 416 g/mol. The Morgan fingerprint density at radius 3 is 1.68 bits per heavy atom. The summed E-state index contributed by atoms with van der Waals surface area (Å²) in [6, 6.07) is 28.5. The minimum Gasteiger partial charge on any atom is -0.465 e. The Morgan fingerprint density at radius 1 is 0.706 bits per heavy atom. The zero-order valence-corrected chi connectivity index (χ0v) is 21.2.